The smallest absolute Gasteiger partial charge is 0.123 e. The number of alkyl halides is 1. The molecule has 1 unspecified atom stereocenters. The summed E-state index contributed by atoms with van der Waals surface area (Å²) in [4.78, 5) is 2.82. The van der Waals surface area contributed by atoms with Crippen LogP contribution in [0.25, 0.3) is 0 Å². The summed E-state index contributed by atoms with van der Waals surface area (Å²) < 4.78 is 13.3. The summed E-state index contributed by atoms with van der Waals surface area (Å²) in [5.74, 6) is -0.158. The van der Waals surface area contributed by atoms with E-state index >= 15 is 0 Å². The molecular weight excluding hydrogens is 311 g/mol. The van der Waals surface area contributed by atoms with E-state index in [1.165, 1.54) is 15.3 Å². The molecule has 0 saturated heterocycles. The zero-order valence-electron chi connectivity index (χ0n) is 10.8. The molecule has 18 heavy (non-hydrogen) atoms. The van der Waals surface area contributed by atoms with E-state index in [1.807, 2.05) is 25.2 Å². The monoisotopic (exact) mass is 326 g/mol. The van der Waals surface area contributed by atoms with Crippen LogP contribution in [-0.2, 0) is 6.42 Å². The molecule has 0 N–H and O–H groups in total. The van der Waals surface area contributed by atoms with E-state index < -0.39 is 0 Å². The van der Waals surface area contributed by atoms with Gasteiger partial charge in [-0.25, -0.2) is 4.39 Å². The normalized spacial score (nSPS) is 12.7. The van der Waals surface area contributed by atoms with E-state index in [0.717, 1.165) is 17.5 Å². The molecule has 0 aliphatic carbocycles. The van der Waals surface area contributed by atoms with Gasteiger partial charge in [0.1, 0.15) is 5.82 Å². The highest BCUT2D eigenvalue weighted by Crippen LogP contribution is 2.38. The first kappa shape index (κ1) is 13.8. The van der Waals surface area contributed by atoms with Gasteiger partial charge in [-0.3, -0.25) is 0 Å². The SMILES string of the molecule is CCc1ccc(C(Br)c2c(C)cc(F)cc2C)s1. The van der Waals surface area contributed by atoms with Crippen LogP contribution in [-0.4, -0.2) is 0 Å². The standard InChI is InChI=1S/C15H16BrFS/c1-4-12-5-6-13(18-12)15(16)14-9(2)7-11(17)8-10(14)3/h5-8,15H,4H2,1-3H3. The summed E-state index contributed by atoms with van der Waals surface area (Å²) in [6.45, 7) is 6.09. The summed E-state index contributed by atoms with van der Waals surface area (Å²) in [6, 6.07) is 7.53. The second-order valence-electron chi connectivity index (χ2n) is 4.47. The van der Waals surface area contributed by atoms with Crippen LogP contribution in [0.5, 0.6) is 0 Å². The van der Waals surface area contributed by atoms with E-state index in [1.54, 1.807) is 12.1 Å². The highest BCUT2D eigenvalue weighted by molar-refractivity contribution is 9.09. The van der Waals surface area contributed by atoms with Crippen LogP contribution in [0, 0.1) is 19.7 Å². The first-order valence-corrected chi connectivity index (χ1v) is 7.75. The Bertz CT molecular complexity index is 536. The van der Waals surface area contributed by atoms with Crippen molar-refractivity contribution in [1.82, 2.24) is 0 Å². The topological polar surface area (TPSA) is 0 Å². The fourth-order valence-electron chi connectivity index (χ4n) is 2.18. The predicted octanol–water partition coefficient (Wildman–Crippen LogP) is 5.55. The minimum atomic E-state index is -0.158. The molecule has 0 radical (unpaired) electrons. The number of hydrogen-bond acceptors (Lipinski definition) is 1. The van der Waals surface area contributed by atoms with Crippen molar-refractivity contribution in [2.24, 2.45) is 0 Å². The Morgan fingerprint density at radius 1 is 1.22 bits per heavy atom. The predicted molar refractivity (Wildman–Crippen MR) is 80.3 cm³/mol. The lowest BCUT2D eigenvalue weighted by Crippen LogP contribution is -1.98. The molecule has 0 bridgehead atoms. The van der Waals surface area contributed by atoms with Gasteiger partial charge in [-0.2, -0.15) is 0 Å². The van der Waals surface area contributed by atoms with E-state index in [-0.39, 0.29) is 10.6 Å². The molecule has 3 heteroatoms. The lowest BCUT2D eigenvalue weighted by Gasteiger charge is -2.15. The number of hydrogen-bond donors (Lipinski definition) is 0. The Morgan fingerprint density at radius 2 is 1.83 bits per heavy atom. The maximum Gasteiger partial charge on any atom is 0.123 e. The molecule has 0 aliphatic heterocycles. The molecule has 0 spiro atoms. The average molecular weight is 327 g/mol. The molecule has 2 aromatic rings. The maximum absolute atomic E-state index is 13.3. The third kappa shape index (κ3) is 2.67. The molecule has 0 saturated carbocycles. The molecular formula is C15H16BrFS. The highest BCUT2D eigenvalue weighted by Gasteiger charge is 2.17. The van der Waals surface area contributed by atoms with Crippen molar-refractivity contribution in [2.75, 3.05) is 0 Å². The highest BCUT2D eigenvalue weighted by atomic mass is 79.9. The summed E-state index contributed by atoms with van der Waals surface area (Å²) in [6.07, 6.45) is 1.06. The van der Waals surface area contributed by atoms with Gasteiger partial charge in [0, 0.05) is 9.75 Å². The first-order chi connectivity index (χ1) is 8.52. The zero-order chi connectivity index (χ0) is 13.3. The van der Waals surface area contributed by atoms with Crippen molar-refractivity contribution < 1.29 is 4.39 Å². The molecule has 0 nitrogen and oxygen atoms in total. The number of aryl methyl sites for hydroxylation is 3. The van der Waals surface area contributed by atoms with Gasteiger partial charge in [-0.15, -0.1) is 11.3 Å². The quantitative estimate of drug-likeness (QED) is 0.648. The lowest BCUT2D eigenvalue weighted by molar-refractivity contribution is 0.624. The van der Waals surface area contributed by atoms with Crippen LogP contribution in [0.4, 0.5) is 4.39 Å². The van der Waals surface area contributed by atoms with Gasteiger partial charge in [0.05, 0.1) is 4.83 Å². The number of rotatable bonds is 3. The average Bonchev–Trinajstić information content (AvgIpc) is 2.75. The molecule has 0 fully saturated rings. The van der Waals surface area contributed by atoms with Crippen LogP contribution in [0.3, 0.4) is 0 Å². The molecule has 1 aromatic heterocycles. The van der Waals surface area contributed by atoms with Crippen molar-refractivity contribution in [1.29, 1.82) is 0 Å². The fourth-order valence-corrected chi connectivity index (χ4v) is 4.28. The summed E-state index contributed by atoms with van der Waals surface area (Å²) in [5, 5.41) is 0. The second kappa shape index (κ2) is 5.54. The summed E-state index contributed by atoms with van der Waals surface area (Å²) >= 11 is 5.57. The Labute approximate surface area is 120 Å². The van der Waals surface area contributed by atoms with Gasteiger partial charge in [-0.05, 0) is 61.2 Å². The van der Waals surface area contributed by atoms with Gasteiger partial charge in [-0.1, -0.05) is 22.9 Å². The Balaban J connectivity index is 2.42. The van der Waals surface area contributed by atoms with Crippen LogP contribution in [0.1, 0.15) is 38.2 Å². The van der Waals surface area contributed by atoms with Crippen molar-refractivity contribution in [3.8, 4) is 0 Å². The van der Waals surface area contributed by atoms with Crippen molar-refractivity contribution in [3.05, 3.63) is 56.5 Å². The van der Waals surface area contributed by atoms with Crippen LogP contribution >= 0.6 is 27.3 Å². The zero-order valence-corrected chi connectivity index (χ0v) is 13.2. The molecule has 0 amide bonds. The Kier molecular flexibility index (Phi) is 4.23. The van der Waals surface area contributed by atoms with E-state index in [9.17, 15) is 4.39 Å². The minimum absolute atomic E-state index is 0.156. The Hall–Kier alpha value is -0.670. The Morgan fingerprint density at radius 3 is 2.33 bits per heavy atom. The van der Waals surface area contributed by atoms with Gasteiger partial charge < -0.3 is 0 Å². The van der Waals surface area contributed by atoms with Gasteiger partial charge >= 0.3 is 0 Å². The number of benzene rings is 1. The number of halogens is 2. The minimum Gasteiger partial charge on any atom is -0.207 e. The summed E-state index contributed by atoms with van der Waals surface area (Å²) in [5.41, 5.74) is 3.18. The lowest BCUT2D eigenvalue weighted by atomic mass is 9.99. The van der Waals surface area contributed by atoms with Gasteiger partial charge in [0.15, 0.2) is 0 Å². The van der Waals surface area contributed by atoms with Gasteiger partial charge in [0.25, 0.3) is 0 Å². The van der Waals surface area contributed by atoms with Gasteiger partial charge in [0.2, 0.25) is 0 Å². The van der Waals surface area contributed by atoms with Crippen LogP contribution < -0.4 is 0 Å². The molecule has 1 atom stereocenters. The second-order valence-corrected chi connectivity index (χ2v) is 6.59. The summed E-state index contributed by atoms with van der Waals surface area (Å²) in [7, 11) is 0. The van der Waals surface area contributed by atoms with E-state index in [2.05, 4.69) is 35.0 Å². The maximum atomic E-state index is 13.3. The fraction of sp³-hybridized carbons (Fsp3) is 0.333. The number of thiophene rings is 1. The van der Waals surface area contributed by atoms with Crippen molar-refractivity contribution in [3.63, 3.8) is 0 Å². The molecule has 0 aliphatic rings. The third-order valence-electron chi connectivity index (χ3n) is 3.09. The van der Waals surface area contributed by atoms with E-state index in [0.29, 0.717) is 0 Å². The molecule has 1 heterocycles. The van der Waals surface area contributed by atoms with Crippen molar-refractivity contribution in [2.45, 2.75) is 32.0 Å². The first-order valence-electron chi connectivity index (χ1n) is 6.02. The molecule has 96 valence electrons. The van der Waals surface area contributed by atoms with E-state index in [4.69, 9.17) is 0 Å². The third-order valence-corrected chi connectivity index (χ3v) is 5.64. The van der Waals surface area contributed by atoms with Crippen LogP contribution in [0.2, 0.25) is 0 Å². The van der Waals surface area contributed by atoms with Crippen LogP contribution in [0.15, 0.2) is 24.3 Å². The largest absolute Gasteiger partial charge is 0.207 e. The molecule has 1 aromatic carbocycles. The molecule has 2 rings (SSSR count). The van der Waals surface area contributed by atoms with Crippen molar-refractivity contribution >= 4 is 27.3 Å².